The third kappa shape index (κ3) is 1.97. The minimum Gasteiger partial charge on any atom is -0.249 e. The van der Waals surface area contributed by atoms with Crippen LogP contribution in [0.2, 0.25) is 0 Å². The maximum absolute atomic E-state index is 4.83. The lowest BCUT2D eigenvalue weighted by molar-refractivity contribution is 0.563. The van der Waals surface area contributed by atoms with E-state index >= 15 is 0 Å². The highest BCUT2D eigenvalue weighted by molar-refractivity contribution is 6.03. The number of aromatic nitrogens is 2. The fraction of sp³-hybridized carbons (Fsp3) is 0.294. The van der Waals surface area contributed by atoms with Crippen LogP contribution in [0, 0.1) is 6.92 Å². The summed E-state index contributed by atoms with van der Waals surface area (Å²) >= 11 is 0. The second kappa shape index (κ2) is 4.02. The van der Waals surface area contributed by atoms with Crippen LogP contribution in [0.1, 0.15) is 32.2 Å². The first kappa shape index (κ1) is 12.1. The average molecular weight is 250 g/mol. The van der Waals surface area contributed by atoms with Gasteiger partial charge in [0.2, 0.25) is 0 Å². The van der Waals surface area contributed by atoms with Gasteiger partial charge in [0.05, 0.1) is 22.4 Å². The molecule has 3 aromatic rings. The van der Waals surface area contributed by atoms with Crippen LogP contribution in [-0.4, -0.2) is 9.97 Å². The third-order valence-electron chi connectivity index (χ3n) is 3.44. The molecule has 3 rings (SSSR count). The number of hydrogen-bond donors (Lipinski definition) is 0. The topological polar surface area (TPSA) is 25.8 Å². The Hall–Kier alpha value is -1.96. The summed E-state index contributed by atoms with van der Waals surface area (Å²) in [5, 5.41) is 2.39. The van der Waals surface area contributed by atoms with Gasteiger partial charge in [0.15, 0.2) is 0 Å². The Bertz CT molecular complexity index is 767. The fourth-order valence-electron chi connectivity index (χ4n) is 2.58. The Kier molecular flexibility index (Phi) is 2.56. The maximum atomic E-state index is 4.83. The van der Waals surface area contributed by atoms with Gasteiger partial charge in [0, 0.05) is 10.8 Å². The molecule has 0 radical (unpaired) electrons. The van der Waals surface area contributed by atoms with E-state index in [2.05, 4.69) is 64.1 Å². The lowest BCUT2D eigenvalue weighted by atomic mass is 9.90. The molecule has 0 spiro atoms. The predicted molar refractivity (Wildman–Crippen MR) is 80.5 cm³/mol. The van der Waals surface area contributed by atoms with Gasteiger partial charge in [0.25, 0.3) is 0 Å². The zero-order chi connectivity index (χ0) is 13.6. The van der Waals surface area contributed by atoms with E-state index in [0.717, 1.165) is 22.4 Å². The molecule has 0 amide bonds. The van der Waals surface area contributed by atoms with Crippen LogP contribution in [0.4, 0.5) is 0 Å². The molecule has 0 bridgehead atoms. The van der Waals surface area contributed by atoms with E-state index in [9.17, 15) is 0 Å². The summed E-state index contributed by atoms with van der Waals surface area (Å²) in [6.45, 7) is 8.58. The van der Waals surface area contributed by atoms with Crippen molar-refractivity contribution in [3.8, 4) is 0 Å². The van der Waals surface area contributed by atoms with Gasteiger partial charge in [-0.1, -0.05) is 51.1 Å². The van der Waals surface area contributed by atoms with Crippen molar-refractivity contribution in [2.75, 3.05) is 0 Å². The van der Waals surface area contributed by atoms with Crippen LogP contribution >= 0.6 is 0 Å². The predicted octanol–water partition coefficient (Wildman–Crippen LogP) is 4.39. The Morgan fingerprint density at radius 2 is 1.63 bits per heavy atom. The number of aryl methyl sites for hydroxylation is 1. The Morgan fingerprint density at radius 3 is 2.37 bits per heavy atom. The zero-order valence-electron chi connectivity index (χ0n) is 11.9. The number of rotatable bonds is 0. The number of fused-ring (bicyclic) bond motifs is 3. The molecular formula is C17H18N2. The van der Waals surface area contributed by atoms with E-state index in [1.54, 1.807) is 0 Å². The van der Waals surface area contributed by atoms with Crippen molar-refractivity contribution in [3.63, 3.8) is 0 Å². The first-order valence-corrected chi connectivity index (χ1v) is 6.63. The lowest BCUT2D eigenvalue weighted by Crippen LogP contribution is -2.16. The first-order valence-electron chi connectivity index (χ1n) is 6.63. The highest BCUT2D eigenvalue weighted by atomic mass is 14.8. The monoisotopic (exact) mass is 250 g/mol. The van der Waals surface area contributed by atoms with E-state index in [1.165, 1.54) is 10.8 Å². The van der Waals surface area contributed by atoms with Crippen LogP contribution in [0.3, 0.4) is 0 Å². The molecule has 1 aromatic heterocycles. The van der Waals surface area contributed by atoms with E-state index < -0.39 is 0 Å². The SMILES string of the molecule is Cc1nc2c(ccc3ccccc32)nc1C(C)(C)C. The number of benzene rings is 2. The summed E-state index contributed by atoms with van der Waals surface area (Å²) in [5.41, 5.74) is 4.11. The minimum atomic E-state index is 0.0247. The molecule has 19 heavy (non-hydrogen) atoms. The molecule has 2 aromatic carbocycles. The number of nitrogens with zero attached hydrogens (tertiary/aromatic N) is 2. The maximum Gasteiger partial charge on any atom is 0.0968 e. The molecule has 0 unspecified atom stereocenters. The second-order valence-corrected chi connectivity index (χ2v) is 6.06. The first-order chi connectivity index (χ1) is 8.97. The van der Waals surface area contributed by atoms with Crippen LogP contribution in [0.15, 0.2) is 36.4 Å². The van der Waals surface area contributed by atoms with Gasteiger partial charge in [-0.25, -0.2) is 9.97 Å². The molecule has 0 N–H and O–H groups in total. The highest BCUT2D eigenvalue weighted by Crippen LogP contribution is 2.28. The van der Waals surface area contributed by atoms with Crippen LogP contribution in [0.25, 0.3) is 21.8 Å². The molecule has 2 heteroatoms. The minimum absolute atomic E-state index is 0.0247. The summed E-state index contributed by atoms with van der Waals surface area (Å²) in [4.78, 5) is 9.64. The Balaban J connectivity index is 2.41. The zero-order valence-corrected chi connectivity index (χ0v) is 11.9. The van der Waals surface area contributed by atoms with Crippen molar-refractivity contribution in [3.05, 3.63) is 47.8 Å². The summed E-state index contributed by atoms with van der Waals surface area (Å²) < 4.78 is 0. The van der Waals surface area contributed by atoms with Crippen LogP contribution in [-0.2, 0) is 5.41 Å². The summed E-state index contributed by atoms with van der Waals surface area (Å²) in [6, 6.07) is 12.5. The van der Waals surface area contributed by atoms with E-state index in [0.29, 0.717) is 0 Å². The van der Waals surface area contributed by atoms with Crippen molar-refractivity contribution in [2.45, 2.75) is 33.1 Å². The molecule has 0 atom stereocenters. The molecule has 2 nitrogen and oxygen atoms in total. The van der Waals surface area contributed by atoms with Crippen LogP contribution in [0.5, 0.6) is 0 Å². The molecule has 0 aliphatic heterocycles. The van der Waals surface area contributed by atoms with E-state index in [-0.39, 0.29) is 5.41 Å². The average Bonchev–Trinajstić information content (AvgIpc) is 2.36. The Morgan fingerprint density at radius 1 is 0.895 bits per heavy atom. The van der Waals surface area contributed by atoms with Gasteiger partial charge in [-0.2, -0.15) is 0 Å². The summed E-state index contributed by atoms with van der Waals surface area (Å²) in [6.07, 6.45) is 0. The summed E-state index contributed by atoms with van der Waals surface area (Å²) in [7, 11) is 0. The molecule has 0 saturated heterocycles. The van der Waals surface area contributed by atoms with Crippen molar-refractivity contribution in [1.29, 1.82) is 0 Å². The van der Waals surface area contributed by atoms with Crippen molar-refractivity contribution >= 4 is 21.8 Å². The van der Waals surface area contributed by atoms with Gasteiger partial charge in [-0.05, 0) is 18.4 Å². The van der Waals surface area contributed by atoms with Gasteiger partial charge < -0.3 is 0 Å². The molecule has 96 valence electrons. The molecule has 0 saturated carbocycles. The standard InChI is InChI=1S/C17H18N2/c1-11-16(17(2,3)4)19-14-10-9-12-7-5-6-8-13(12)15(14)18-11/h5-10H,1-4H3. The van der Waals surface area contributed by atoms with E-state index in [1.807, 2.05) is 0 Å². The number of hydrogen-bond acceptors (Lipinski definition) is 2. The molecule has 0 aliphatic carbocycles. The molecule has 1 heterocycles. The van der Waals surface area contributed by atoms with Gasteiger partial charge in [-0.3, -0.25) is 0 Å². The van der Waals surface area contributed by atoms with E-state index in [4.69, 9.17) is 9.97 Å². The smallest absolute Gasteiger partial charge is 0.0968 e. The van der Waals surface area contributed by atoms with Gasteiger partial charge in [-0.15, -0.1) is 0 Å². The van der Waals surface area contributed by atoms with Crippen molar-refractivity contribution in [1.82, 2.24) is 9.97 Å². The Labute approximate surface area is 113 Å². The van der Waals surface area contributed by atoms with Crippen molar-refractivity contribution < 1.29 is 0 Å². The van der Waals surface area contributed by atoms with Crippen molar-refractivity contribution in [2.24, 2.45) is 0 Å². The van der Waals surface area contributed by atoms with Gasteiger partial charge in [0.1, 0.15) is 0 Å². The molecular weight excluding hydrogens is 232 g/mol. The quantitative estimate of drug-likeness (QED) is 0.553. The highest BCUT2D eigenvalue weighted by Gasteiger charge is 2.20. The molecule has 0 fully saturated rings. The largest absolute Gasteiger partial charge is 0.249 e. The third-order valence-corrected chi connectivity index (χ3v) is 3.44. The second-order valence-electron chi connectivity index (χ2n) is 6.06. The lowest BCUT2D eigenvalue weighted by Gasteiger charge is -2.20. The normalized spacial score (nSPS) is 12.2. The summed E-state index contributed by atoms with van der Waals surface area (Å²) in [5.74, 6) is 0. The van der Waals surface area contributed by atoms with Crippen LogP contribution < -0.4 is 0 Å². The molecule has 0 aliphatic rings. The van der Waals surface area contributed by atoms with Gasteiger partial charge >= 0.3 is 0 Å². The fourth-order valence-corrected chi connectivity index (χ4v) is 2.58.